The number of ether oxygens (including phenoxy) is 1. The number of hydrogen-bond donors (Lipinski definition) is 0. The molecule has 3 nitrogen and oxygen atoms in total. The molecule has 0 saturated heterocycles. The van der Waals surface area contributed by atoms with Crippen LogP contribution in [0, 0.1) is 0 Å². The van der Waals surface area contributed by atoms with Crippen molar-refractivity contribution in [3.8, 4) is 5.88 Å². The number of pyridine rings is 1. The van der Waals surface area contributed by atoms with E-state index in [1.54, 1.807) is 30.3 Å². The van der Waals surface area contributed by atoms with Crippen LogP contribution in [0.3, 0.4) is 0 Å². The van der Waals surface area contributed by atoms with E-state index in [9.17, 15) is 4.79 Å². The van der Waals surface area contributed by atoms with Gasteiger partial charge in [0.1, 0.15) is 0 Å². The van der Waals surface area contributed by atoms with Crippen LogP contribution in [-0.2, 0) is 0 Å². The maximum atomic E-state index is 11.9. The van der Waals surface area contributed by atoms with Gasteiger partial charge in [-0.2, -0.15) is 0 Å². The summed E-state index contributed by atoms with van der Waals surface area (Å²) in [6.07, 6.45) is 0. The summed E-state index contributed by atoms with van der Waals surface area (Å²) in [6.45, 7) is 0. The summed E-state index contributed by atoms with van der Waals surface area (Å²) in [6, 6.07) is 20.1. The van der Waals surface area contributed by atoms with Gasteiger partial charge in [0.05, 0.1) is 11.1 Å². The number of aromatic nitrogens is 1. The molecular weight excluding hydrogens is 261 g/mol. The van der Waals surface area contributed by atoms with Crippen molar-refractivity contribution in [2.75, 3.05) is 0 Å². The molecule has 0 unspecified atom stereocenters. The summed E-state index contributed by atoms with van der Waals surface area (Å²) >= 11 is 0. The average molecular weight is 273 g/mol. The van der Waals surface area contributed by atoms with Crippen molar-refractivity contribution in [1.29, 1.82) is 0 Å². The van der Waals surface area contributed by atoms with Crippen LogP contribution in [0.4, 0.5) is 0 Å². The SMILES string of the molecule is O=C(Oc1ccc2ccccc2n1)c1ccccc1.[H-].[Na+]. The molecular formula is C16H12NNaO2. The van der Waals surface area contributed by atoms with E-state index in [-0.39, 0.29) is 31.0 Å². The van der Waals surface area contributed by atoms with E-state index in [1.165, 1.54) is 0 Å². The average Bonchev–Trinajstić information content (AvgIpc) is 2.48. The fourth-order valence-electron chi connectivity index (χ4n) is 1.83. The number of benzene rings is 2. The molecule has 0 radical (unpaired) electrons. The summed E-state index contributed by atoms with van der Waals surface area (Å²) in [5.74, 6) is -0.0871. The molecule has 0 spiro atoms. The second kappa shape index (κ2) is 6.66. The predicted octanol–water partition coefficient (Wildman–Crippen LogP) is 0.570. The van der Waals surface area contributed by atoms with Gasteiger partial charge in [0.2, 0.25) is 5.88 Å². The molecule has 94 valence electrons. The number of carbonyl (C=O) groups is 1. The van der Waals surface area contributed by atoms with Crippen LogP contribution >= 0.6 is 0 Å². The fourth-order valence-corrected chi connectivity index (χ4v) is 1.83. The summed E-state index contributed by atoms with van der Waals surface area (Å²) in [5, 5.41) is 1.02. The van der Waals surface area contributed by atoms with Crippen LogP contribution in [0.1, 0.15) is 11.8 Å². The molecule has 3 aromatic rings. The Balaban J connectivity index is 0.00000110. The van der Waals surface area contributed by atoms with E-state index >= 15 is 0 Å². The van der Waals surface area contributed by atoms with Crippen molar-refractivity contribution < 1.29 is 40.5 Å². The first-order valence-corrected chi connectivity index (χ1v) is 5.96. The van der Waals surface area contributed by atoms with Gasteiger partial charge in [0, 0.05) is 11.5 Å². The molecule has 0 aliphatic heterocycles. The van der Waals surface area contributed by atoms with Crippen LogP contribution in [0.25, 0.3) is 10.9 Å². The summed E-state index contributed by atoms with van der Waals surface area (Å²) in [5.41, 5.74) is 1.32. The molecule has 0 fully saturated rings. The van der Waals surface area contributed by atoms with Crippen molar-refractivity contribution in [3.05, 3.63) is 72.3 Å². The van der Waals surface area contributed by atoms with Gasteiger partial charge in [-0.15, -0.1) is 0 Å². The number of carbonyl (C=O) groups excluding carboxylic acids is 1. The molecule has 0 atom stereocenters. The first-order chi connectivity index (χ1) is 9.33. The van der Waals surface area contributed by atoms with Crippen molar-refractivity contribution in [1.82, 2.24) is 4.98 Å². The normalized spacial score (nSPS) is 9.80. The molecule has 2 aromatic carbocycles. The molecule has 0 saturated carbocycles. The Morgan fingerprint density at radius 1 is 0.900 bits per heavy atom. The van der Waals surface area contributed by atoms with E-state index in [0.717, 1.165) is 10.9 Å². The topological polar surface area (TPSA) is 39.2 Å². The van der Waals surface area contributed by atoms with Gasteiger partial charge in [0.15, 0.2) is 0 Å². The Morgan fingerprint density at radius 3 is 2.40 bits per heavy atom. The van der Waals surface area contributed by atoms with Gasteiger partial charge in [0.25, 0.3) is 0 Å². The van der Waals surface area contributed by atoms with Crippen LogP contribution in [0.2, 0.25) is 0 Å². The Hall–Kier alpha value is -1.68. The second-order valence-corrected chi connectivity index (χ2v) is 4.10. The third-order valence-corrected chi connectivity index (χ3v) is 2.78. The van der Waals surface area contributed by atoms with Gasteiger partial charge >= 0.3 is 35.5 Å². The first kappa shape index (κ1) is 14.7. The van der Waals surface area contributed by atoms with Gasteiger partial charge in [-0.05, 0) is 24.3 Å². The Labute approximate surface area is 140 Å². The summed E-state index contributed by atoms with van der Waals surface area (Å²) in [4.78, 5) is 16.2. The largest absolute Gasteiger partial charge is 1.00 e. The Kier molecular flexibility index (Phi) is 4.90. The van der Waals surface area contributed by atoms with E-state index in [2.05, 4.69) is 4.98 Å². The molecule has 4 heteroatoms. The summed E-state index contributed by atoms with van der Waals surface area (Å²) < 4.78 is 5.26. The van der Waals surface area contributed by atoms with Gasteiger partial charge in [-0.3, -0.25) is 0 Å². The van der Waals surface area contributed by atoms with Crippen LogP contribution in [0.5, 0.6) is 5.88 Å². The minimum Gasteiger partial charge on any atom is -1.00 e. The number of rotatable bonds is 2. The summed E-state index contributed by atoms with van der Waals surface area (Å²) in [7, 11) is 0. The van der Waals surface area contributed by atoms with Gasteiger partial charge in [-0.1, -0.05) is 36.4 Å². The molecule has 0 aliphatic rings. The Morgan fingerprint density at radius 2 is 1.60 bits per heavy atom. The fraction of sp³-hybridized carbons (Fsp3) is 0. The minimum atomic E-state index is -0.400. The Bertz CT molecular complexity index is 734. The van der Waals surface area contributed by atoms with E-state index < -0.39 is 5.97 Å². The van der Waals surface area contributed by atoms with Crippen LogP contribution in [-0.4, -0.2) is 11.0 Å². The zero-order chi connectivity index (χ0) is 13.1. The van der Waals surface area contributed by atoms with Crippen LogP contribution in [0.15, 0.2) is 66.7 Å². The number of fused-ring (bicyclic) bond motifs is 1. The molecule has 1 aromatic heterocycles. The number of para-hydroxylation sites is 1. The van der Waals surface area contributed by atoms with Crippen LogP contribution < -0.4 is 34.3 Å². The molecule has 0 N–H and O–H groups in total. The van der Waals surface area contributed by atoms with Crippen molar-refractivity contribution in [3.63, 3.8) is 0 Å². The van der Waals surface area contributed by atoms with Crippen molar-refractivity contribution >= 4 is 16.9 Å². The molecule has 1 heterocycles. The van der Waals surface area contributed by atoms with Crippen molar-refractivity contribution in [2.45, 2.75) is 0 Å². The zero-order valence-corrected chi connectivity index (χ0v) is 13.1. The minimum absolute atomic E-state index is 0. The maximum Gasteiger partial charge on any atom is 1.00 e. The molecule has 0 bridgehead atoms. The monoisotopic (exact) mass is 273 g/mol. The first-order valence-electron chi connectivity index (χ1n) is 5.96. The van der Waals surface area contributed by atoms with E-state index in [1.807, 2.05) is 36.4 Å². The molecule has 3 rings (SSSR count). The van der Waals surface area contributed by atoms with E-state index in [4.69, 9.17) is 4.74 Å². The number of esters is 1. The maximum absolute atomic E-state index is 11.9. The number of hydrogen-bond acceptors (Lipinski definition) is 3. The second-order valence-electron chi connectivity index (χ2n) is 4.10. The standard InChI is InChI=1S/C16H11NO2.Na.H/c18-16(13-7-2-1-3-8-13)19-15-11-10-12-6-4-5-9-14(12)17-15;;/h1-11H;;/q;+1;-1. The molecule has 20 heavy (non-hydrogen) atoms. The quantitative estimate of drug-likeness (QED) is 0.506. The van der Waals surface area contributed by atoms with Gasteiger partial charge < -0.3 is 6.16 Å². The smallest absolute Gasteiger partial charge is 1.00 e. The van der Waals surface area contributed by atoms with E-state index in [0.29, 0.717) is 11.4 Å². The van der Waals surface area contributed by atoms with Gasteiger partial charge in [-0.25, -0.2) is 9.78 Å². The molecule has 0 aliphatic carbocycles. The number of nitrogens with zero attached hydrogens (tertiary/aromatic N) is 1. The van der Waals surface area contributed by atoms with Crippen molar-refractivity contribution in [2.24, 2.45) is 0 Å². The zero-order valence-electron chi connectivity index (χ0n) is 12.1. The predicted molar refractivity (Wildman–Crippen MR) is 74.3 cm³/mol. The third-order valence-electron chi connectivity index (χ3n) is 2.78. The molecule has 0 amide bonds. The third kappa shape index (κ3) is 3.25.